The van der Waals surface area contributed by atoms with Crippen LogP contribution in [0.15, 0.2) is 0 Å². The number of benzene rings is 1. The molecule has 0 aliphatic carbocycles. The third-order valence-corrected chi connectivity index (χ3v) is 3.29. The smallest absolute Gasteiger partial charge is 0.311 e. The topological polar surface area (TPSA) is 26.3 Å². The quantitative estimate of drug-likeness (QED) is 0.359. The minimum Gasteiger partial charge on any atom is -0.420 e. The van der Waals surface area contributed by atoms with E-state index in [1.807, 2.05) is 0 Å². The second kappa shape index (κ2) is 5.81. The lowest BCUT2D eigenvalue weighted by Crippen LogP contribution is -2.23. The summed E-state index contributed by atoms with van der Waals surface area (Å²) in [6, 6.07) is 0. The van der Waals surface area contributed by atoms with Crippen molar-refractivity contribution in [2.45, 2.75) is 46.0 Å². The van der Waals surface area contributed by atoms with E-state index in [9.17, 15) is 22.4 Å². The Morgan fingerprint density at radius 3 is 1.80 bits per heavy atom. The third-order valence-electron chi connectivity index (χ3n) is 3.29. The molecule has 1 aromatic rings. The number of hydrogen-bond acceptors (Lipinski definition) is 2. The van der Waals surface area contributed by atoms with E-state index in [2.05, 4.69) is 4.74 Å². The molecule has 0 spiro atoms. The van der Waals surface area contributed by atoms with E-state index >= 15 is 0 Å². The highest BCUT2D eigenvalue weighted by Crippen LogP contribution is 2.38. The van der Waals surface area contributed by atoms with E-state index < -0.39 is 46.0 Å². The molecule has 0 aliphatic rings. The van der Waals surface area contributed by atoms with E-state index in [1.54, 1.807) is 6.92 Å². The molecule has 0 aromatic heterocycles. The Bertz CT molecular complexity index is 509. The van der Waals surface area contributed by atoms with Gasteiger partial charge in [0.15, 0.2) is 11.6 Å². The standard InChI is InChI=1S/C14H16F4O2/c1-5-7(19)20-13-11(17)9(15)8(10(16)12(13)18)14(3,4)6-2/h5-6H2,1-4H3. The molecule has 0 saturated heterocycles. The van der Waals surface area contributed by atoms with Crippen LogP contribution < -0.4 is 4.74 Å². The second-order valence-electron chi connectivity index (χ2n) is 5.03. The Kier molecular flexibility index (Phi) is 4.78. The molecule has 0 unspecified atom stereocenters. The van der Waals surface area contributed by atoms with E-state index in [1.165, 1.54) is 20.8 Å². The van der Waals surface area contributed by atoms with Crippen LogP contribution in [-0.4, -0.2) is 5.97 Å². The number of rotatable bonds is 4. The fourth-order valence-electron chi connectivity index (χ4n) is 1.66. The third kappa shape index (κ3) is 2.78. The molecule has 0 saturated carbocycles. The average Bonchev–Trinajstić information content (AvgIpc) is 2.41. The van der Waals surface area contributed by atoms with Crippen molar-refractivity contribution in [2.75, 3.05) is 0 Å². The summed E-state index contributed by atoms with van der Waals surface area (Å²) in [5.74, 6) is -8.76. The molecule has 0 fully saturated rings. The monoisotopic (exact) mass is 292 g/mol. The summed E-state index contributed by atoms with van der Waals surface area (Å²) in [6.07, 6.45) is 0.0954. The van der Waals surface area contributed by atoms with Crippen molar-refractivity contribution in [3.63, 3.8) is 0 Å². The lowest BCUT2D eigenvalue weighted by molar-refractivity contribution is -0.134. The summed E-state index contributed by atoms with van der Waals surface area (Å²) >= 11 is 0. The van der Waals surface area contributed by atoms with E-state index in [0.29, 0.717) is 0 Å². The van der Waals surface area contributed by atoms with Crippen LogP contribution in [0.3, 0.4) is 0 Å². The maximum atomic E-state index is 14.0. The van der Waals surface area contributed by atoms with Crippen LogP contribution in [0.5, 0.6) is 5.75 Å². The number of carbonyl (C=O) groups excluding carboxylic acids is 1. The molecule has 112 valence electrons. The number of hydrogen-bond donors (Lipinski definition) is 0. The highest BCUT2D eigenvalue weighted by atomic mass is 19.2. The lowest BCUT2D eigenvalue weighted by Gasteiger charge is -2.25. The van der Waals surface area contributed by atoms with Crippen molar-refractivity contribution in [1.29, 1.82) is 0 Å². The predicted molar refractivity (Wildman–Crippen MR) is 65.5 cm³/mol. The molecular formula is C14H16F4O2. The van der Waals surface area contributed by atoms with Crippen molar-refractivity contribution in [3.8, 4) is 5.75 Å². The van der Waals surface area contributed by atoms with Crippen molar-refractivity contribution >= 4 is 5.97 Å². The number of esters is 1. The van der Waals surface area contributed by atoms with Gasteiger partial charge in [-0.05, 0) is 11.8 Å². The summed E-state index contributed by atoms with van der Waals surface area (Å²) in [4.78, 5) is 11.0. The number of ether oxygens (including phenoxy) is 1. The first-order valence-electron chi connectivity index (χ1n) is 6.24. The van der Waals surface area contributed by atoms with Gasteiger partial charge in [0.05, 0.1) is 0 Å². The molecule has 0 aliphatic heterocycles. The van der Waals surface area contributed by atoms with Gasteiger partial charge >= 0.3 is 5.97 Å². The van der Waals surface area contributed by atoms with Gasteiger partial charge in [-0.15, -0.1) is 0 Å². The number of carbonyl (C=O) groups is 1. The van der Waals surface area contributed by atoms with Crippen LogP contribution in [0.25, 0.3) is 0 Å². The highest BCUT2D eigenvalue weighted by molar-refractivity contribution is 5.72. The molecular weight excluding hydrogens is 276 g/mol. The Balaban J connectivity index is 3.54. The van der Waals surface area contributed by atoms with E-state index in [0.717, 1.165) is 0 Å². The molecule has 1 rings (SSSR count). The summed E-state index contributed by atoms with van der Waals surface area (Å²) in [7, 11) is 0. The fraction of sp³-hybridized carbons (Fsp3) is 0.500. The Morgan fingerprint density at radius 1 is 1.00 bits per heavy atom. The molecule has 6 heteroatoms. The predicted octanol–water partition coefficient (Wildman–Crippen LogP) is 4.25. The van der Waals surface area contributed by atoms with Gasteiger partial charge in [-0.2, -0.15) is 8.78 Å². The Morgan fingerprint density at radius 2 is 1.45 bits per heavy atom. The first-order valence-corrected chi connectivity index (χ1v) is 6.24. The first-order chi connectivity index (χ1) is 9.17. The van der Waals surface area contributed by atoms with Gasteiger partial charge in [-0.3, -0.25) is 4.79 Å². The first kappa shape index (κ1) is 16.5. The molecule has 0 N–H and O–H groups in total. The van der Waals surface area contributed by atoms with Gasteiger partial charge in [0.25, 0.3) is 0 Å². The van der Waals surface area contributed by atoms with Gasteiger partial charge in [-0.25, -0.2) is 8.78 Å². The summed E-state index contributed by atoms with van der Waals surface area (Å²) in [6.45, 7) is 5.95. The van der Waals surface area contributed by atoms with Crippen molar-refractivity contribution in [2.24, 2.45) is 0 Å². The SMILES string of the molecule is CCC(=O)Oc1c(F)c(F)c(C(C)(C)CC)c(F)c1F. The van der Waals surface area contributed by atoms with Crippen LogP contribution in [0.1, 0.15) is 46.1 Å². The molecule has 20 heavy (non-hydrogen) atoms. The van der Waals surface area contributed by atoms with Crippen LogP contribution >= 0.6 is 0 Å². The van der Waals surface area contributed by atoms with Crippen LogP contribution in [0.4, 0.5) is 17.6 Å². The summed E-state index contributed by atoms with van der Waals surface area (Å²) in [5, 5.41) is 0. The Labute approximate surface area is 114 Å². The van der Waals surface area contributed by atoms with Crippen LogP contribution in [0, 0.1) is 23.3 Å². The highest BCUT2D eigenvalue weighted by Gasteiger charge is 2.34. The minimum absolute atomic E-state index is 0.176. The zero-order valence-corrected chi connectivity index (χ0v) is 11.7. The molecule has 2 nitrogen and oxygen atoms in total. The van der Waals surface area contributed by atoms with Crippen molar-refractivity contribution in [1.82, 2.24) is 0 Å². The van der Waals surface area contributed by atoms with E-state index in [-0.39, 0.29) is 12.8 Å². The lowest BCUT2D eigenvalue weighted by atomic mass is 9.81. The fourth-order valence-corrected chi connectivity index (χ4v) is 1.66. The molecule has 0 bridgehead atoms. The number of halogens is 4. The molecule has 0 heterocycles. The summed E-state index contributed by atoms with van der Waals surface area (Å²) in [5.41, 5.74) is -1.78. The molecule has 0 atom stereocenters. The average molecular weight is 292 g/mol. The maximum Gasteiger partial charge on any atom is 0.311 e. The van der Waals surface area contributed by atoms with E-state index in [4.69, 9.17) is 0 Å². The van der Waals surface area contributed by atoms with Gasteiger partial charge in [0.2, 0.25) is 17.4 Å². The van der Waals surface area contributed by atoms with Crippen LogP contribution in [0.2, 0.25) is 0 Å². The molecule has 0 radical (unpaired) electrons. The van der Waals surface area contributed by atoms with Crippen molar-refractivity contribution < 1.29 is 27.1 Å². The van der Waals surface area contributed by atoms with Gasteiger partial charge in [0.1, 0.15) is 0 Å². The van der Waals surface area contributed by atoms with Crippen molar-refractivity contribution in [3.05, 3.63) is 28.8 Å². The maximum absolute atomic E-state index is 14.0. The zero-order chi connectivity index (χ0) is 15.7. The Hall–Kier alpha value is -1.59. The minimum atomic E-state index is -1.69. The van der Waals surface area contributed by atoms with Gasteiger partial charge < -0.3 is 4.74 Å². The summed E-state index contributed by atoms with van der Waals surface area (Å²) < 4.78 is 59.9. The largest absolute Gasteiger partial charge is 0.420 e. The normalized spacial score (nSPS) is 11.6. The zero-order valence-electron chi connectivity index (χ0n) is 11.7. The van der Waals surface area contributed by atoms with Gasteiger partial charge in [0, 0.05) is 12.0 Å². The molecule has 0 amide bonds. The second-order valence-corrected chi connectivity index (χ2v) is 5.03. The van der Waals surface area contributed by atoms with Gasteiger partial charge in [-0.1, -0.05) is 27.7 Å². The van der Waals surface area contributed by atoms with Crippen LogP contribution in [-0.2, 0) is 10.2 Å². The molecule has 1 aromatic carbocycles.